The molecule has 7 nitrogen and oxygen atoms in total. The zero-order chi connectivity index (χ0) is 28.6. The van der Waals surface area contributed by atoms with Gasteiger partial charge in [0.1, 0.15) is 12.6 Å². The first-order chi connectivity index (χ1) is 18.5. The molecule has 0 radical (unpaired) electrons. The molecule has 0 heterocycles. The maximum Gasteiger partial charge on any atom is 0.264 e. The minimum Gasteiger partial charge on any atom is -0.354 e. The van der Waals surface area contributed by atoms with Gasteiger partial charge in [-0.15, -0.1) is 0 Å². The Labute approximate surface area is 236 Å². The van der Waals surface area contributed by atoms with Crippen molar-refractivity contribution in [3.05, 3.63) is 94.5 Å². The minimum absolute atomic E-state index is 0.0745. The lowest BCUT2D eigenvalue weighted by molar-refractivity contribution is -0.139. The van der Waals surface area contributed by atoms with Crippen LogP contribution in [0.25, 0.3) is 0 Å². The molecular weight excluding hydrogens is 534 g/mol. The van der Waals surface area contributed by atoms with E-state index in [1.165, 1.54) is 17.0 Å². The molecule has 0 saturated carbocycles. The molecule has 0 aliphatic rings. The van der Waals surface area contributed by atoms with Gasteiger partial charge in [0.15, 0.2) is 0 Å². The lowest BCUT2D eigenvalue weighted by atomic mass is 10.1. The molecule has 0 aliphatic carbocycles. The number of carbonyl (C=O) groups excluding carboxylic acids is 2. The van der Waals surface area contributed by atoms with Crippen molar-refractivity contribution in [1.29, 1.82) is 0 Å². The Balaban J connectivity index is 2.03. The predicted molar refractivity (Wildman–Crippen MR) is 156 cm³/mol. The third-order valence-corrected chi connectivity index (χ3v) is 8.49. The number of anilines is 1. The summed E-state index contributed by atoms with van der Waals surface area (Å²) < 4.78 is 28.9. The monoisotopic (exact) mass is 569 g/mol. The van der Waals surface area contributed by atoms with E-state index in [0.29, 0.717) is 22.8 Å². The molecular formula is C30H36ClN3O4S. The van der Waals surface area contributed by atoms with Gasteiger partial charge in [-0.2, -0.15) is 0 Å². The highest BCUT2D eigenvalue weighted by Gasteiger charge is 2.33. The molecule has 9 heteroatoms. The summed E-state index contributed by atoms with van der Waals surface area (Å²) in [6.45, 7) is 7.46. The van der Waals surface area contributed by atoms with Crippen molar-refractivity contribution in [3.63, 3.8) is 0 Å². The van der Waals surface area contributed by atoms with Crippen molar-refractivity contribution >= 4 is 39.1 Å². The van der Waals surface area contributed by atoms with Crippen LogP contribution in [0.5, 0.6) is 0 Å². The SMILES string of the molecule is CCCCNC(=O)C(C)N(Cc1cccc(Cl)c1)C(=O)CN(c1cc(C)ccc1C)S(=O)(=O)c1ccccc1. The largest absolute Gasteiger partial charge is 0.354 e. The van der Waals surface area contributed by atoms with E-state index in [9.17, 15) is 18.0 Å². The van der Waals surface area contributed by atoms with Crippen molar-refractivity contribution in [2.45, 2.75) is 58.0 Å². The van der Waals surface area contributed by atoms with Crippen molar-refractivity contribution < 1.29 is 18.0 Å². The van der Waals surface area contributed by atoms with Gasteiger partial charge >= 0.3 is 0 Å². The first-order valence-corrected chi connectivity index (χ1v) is 14.8. The number of carbonyl (C=O) groups is 2. The van der Waals surface area contributed by atoms with Gasteiger partial charge in [-0.25, -0.2) is 8.42 Å². The lowest BCUT2D eigenvalue weighted by Gasteiger charge is -2.32. The van der Waals surface area contributed by atoms with Gasteiger partial charge in [0.25, 0.3) is 10.0 Å². The van der Waals surface area contributed by atoms with Crippen LogP contribution in [-0.2, 0) is 26.2 Å². The molecule has 0 saturated heterocycles. The summed E-state index contributed by atoms with van der Waals surface area (Å²) in [5, 5.41) is 3.39. The van der Waals surface area contributed by atoms with E-state index in [2.05, 4.69) is 5.32 Å². The van der Waals surface area contributed by atoms with E-state index in [-0.39, 0.29) is 17.3 Å². The summed E-state index contributed by atoms with van der Waals surface area (Å²) in [4.78, 5) is 28.5. The number of nitrogens with zero attached hydrogens (tertiary/aromatic N) is 2. The van der Waals surface area contributed by atoms with E-state index in [0.717, 1.165) is 28.3 Å². The van der Waals surface area contributed by atoms with Crippen molar-refractivity contribution in [3.8, 4) is 0 Å². The van der Waals surface area contributed by atoms with E-state index >= 15 is 0 Å². The van der Waals surface area contributed by atoms with Gasteiger partial charge in [0.05, 0.1) is 10.6 Å². The molecule has 0 aliphatic heterocycles. The van der Waals surface area contributed by atoms with Crippen LogP contribution < -0.4 is 9.62 Å². The predicted octanol–water partition coefficient (Wildman–Crippen LogP) is 5.49. The molecule has 208 valence electrons. The highest BCUT2D eigenvalue weighted by atomic mass is 35.5. The fraction of sp³-hybridized carbons (Fsp3) is 0.333. The average molecular weight is 570 g/mol. The van der Waals surface area contributed by atoms with Crippen molar-refractivity contribution in [1.82, 2.24) is 10.2 Å². The van der Waals surface area contributed by atoms with Crippen molar-refractivity contribution in [2.75, 3.05) is 17.4 Å². The number of sulfonamides is 1. The third kappa shape index (κ3) is 7.83. The summed E-state index contributed by atoms with van der Waals surface area (Å²) >= 11 is 6.19. The van der Waals surface area contributed by atoms with Crippen LogP contribution >= 0.6 is 11.6 Å². The number of nitrogens with one attached hydrogen (secondary N) is 1. The molecule has 0 aromatic heterocycles. The molecule has 1 N–H and O–H groups in total. The summed E-state index contributed by atoms with van der Waals surface area (Å²) in [6.07, 6.45) is 1.73. The maximum atomic E-state index is 14.0. The second-order valence-corrected chi connectivity index (χ2v) is 11.9. The summed E-state index contributed by atoms with van der Waals surface area (Å²) in [7, 11) is -4.10. The number of halogens is 1. The van der Waals surface area contributed by atoms with E-state index < -0.39 is 28.5 Å². The number of aryl methyl sites for hydroxylation is 2. The fourth-order valence-electron chi connectivity index (χ4n) is 4.17. The Morgan fingerprint density at radius 3 is 2.36 bits per heavy atom. The number of hydrogen-bond acceptors (Lipinski definition) is 4. The van der Waals surface area contributed by atoms with Crippen LogP contribution in [0.4, 0.5) is 5.69 Å². The Morgan fingerprint density at radius 1 is 0.974 bits per heavy atom. The Kier molecular flexibility index (Phi) is 10.5. The molecule has 2 amide bonds. The first kappa shape index (κ1) is 30.2. The van der Waals surface area contributed by atoms with E-state index in [1.807, 2.05) is 32.0 Å². The van der Waals surface area contributed by atoms with Gasteiger partial charge in [-0.1, -0.05) is 67.4 Å². The van der Waals surface area contributed by atoms with Crippen molar-refractivity contribution in [2.24, 2.45) is 0 Å². The summed E-state index contributed by atoms with van der Waals surface area (Å²) in [5.41, 5.74) is 2.71. The van der Waals surface area contributed by atoms with Crippen LogP contribution in [0.1, 0.15) is 43.4 Å². The van der Waals surface area contributed by atoms with Gasteiger partial charge in [0.2, 0.25) is 11.8 Å². The zero-order valence-corrected chi connectivity index (χ0v) is 24.4. The van der Waals surface area contributed by atoms with Gasteiger partial charge in [-0.3, -0.25) is 13.9 Å². The van der Waals surface area contributed by atoms with Crippen LogP contribution in [0.3, 0.4) is 0 Å². The highest BCUT2D eigenvalue weighted by molar-refractivity contribution is 7.92. The number of amides is 2. The van der Waals surface area contributed by atoms with Gasteiger partial charge in [-0.05, 0) is 74.2 Å². The average Bonchev–Trinajstić information content (AvgIpc) is 2.92. The Bertz CT molecular complexity index is 1400. The first-order valence-electron chi connectivity index (χ1n) is 13.0. The normalized spacial score (nSPS) is 12.0. The molecule has 39 heavy (non-hydrogen) atoms. The standard InChI is InChI=1S/C30H36ClN3O4S/c1-5-6-17-32-30(36)24(4)33(20-25-11-10-12-26(31)19-25)29(35)21-34(28-18-22(2)15-16-23(28)3)39(37,38)27-13-8-7-9-14-27/h7-16,18-19,24H,5-6,17,20-21H2,1-4H3,(H,32,36). The van der Waals surface area contributed by atoms with Crippen LogP contribution in [0.2, 0.25) is 5.02 Å². The van der Waals surface area contributed by atoms with Crippen LogP contribution in [-0.4, -0.2) is 44.3 Å². The Hall–Kier alpha value is -3.36. The van der Waals surface area contributed by atoms with Gasteiger partial charge in [0, 0.05) is 18.1 Å². The number of rotatable bonds is 12. The topological polar surface area (TPSA) is 86.8 Å². The quantitative estimate of drug-likeness (QED) is 0.292. The molecule has 3 aromatic rings. The minimum atomic E-state index is -4.10. The Morgan fingerprint density at radius 2 is 1.69 bits per heavy atom. The second-order valence-electron chi connectivity index (χ2n) is 9.59. The van der Waals surface area contributed by atoms with Gasteiger partial charge < -0.3 is 10.2 Å². The summed E-state index contributed by atoms with van der Waals surface area (Å²) in [5.74, 6) is -0.809. The summed E-state index contributed by atoms with van der Waals surface area (Å²) in [6, 6.07) is 19.7. The van der Waals surface area contributed by atoms with Crippen LogP contribution in [0, 0.1) is 13.8 Å². The molecule has 0 fully saturated rings. The molecule has 3 rings (SSSR count). The second kappa shape index (κ2) is 13.6. The molecule has 1 atom stereocenters. The zero-order valence-electron chi connectivity index (χ0n) is 22.9. The highest BCUT2D eigenvalue weighted by Crippen LogP contribution is 2.28. The van der Waals surface area contributed by atoms with Crippen LogP contribution in [0.15, 0.2) is 77.7 Å². The number of benzene rings is 3. The molecule has 1 unspecified atom stereocenters. The smallest absolute Gasteiger partial charge is 0.264 e. The van der Waals surface area contributed by atoms with E-state index in [1.54, 1.807) is 56.3 Å². The van der Waals surface area contributed by atoms with E-state index in [4.69, 9.17) is 11.6 Å². The molecule has 0 bridgehead atoms. The molecule has 0 spiro atoms. The molecule has 3 aromatic carbocycles. The fourth-order valence-corrected chi connectivity index (χ4v) is 5.88. The number of hydrogen-bond donors (Lipinski definition) is 1. The number of unbranched alkanes of at least 4 members (excludes halogenated alkanes) is 1. The maximum absolute atomic E-state index is 14.0. The third-order valence-electron chi connectivity index (χ3n) is 6.48. The lowest BCUT2D eigenvalue weighted by Crippen LogP contribution is -2.51.